The van der Waals surface area contributed by atoms with Crippen LogP contribution < -0.4 is 5.32 Å². The van der Waals surface area contributed by atoms with E-state index in [4.69, 9.17) is 0 Å². The van der Waals surface area contributed by atoms with Crippen LogP contribution in [0.5, 0.6) is 0 Å². The van der Waals surface area contributed by atoms with Crippen LogP contribution in [0.4, 0.5) is 0 Å². The van der Waals surface area contributed by atoms with E-state index in [1.165, 1.54) is 0 Å². The quantitative estimate of drug-likeness (QED) is 0.728. The molecule has 1 N–H and O–H groups in total. The number of rotatable bonds is 2. The fraction of sp³-hybridized carbons (Fsp3) is 0.400. The average Bonchev–Trinajstić information content (AvgIpc) is 2.15. The van der Waals surface area contributed by atoms with E-state index in [-0.39, 0.29) is 10.7 Å². The topological polar surface area (TPSA) is 42.0 Å². The van der Waals surface area contributed by atoms with Crippen molar-refractivity contribution in [2.24, 2.45) is 0 Å². The lowest BCUT2D eigenvalue weighted by Gasteiger charge is -2.17. The largest absolute Gasteiger partial charge is 0.354 e. The first-order valence-electron chi connectivity index (χ1n) is 4.36. The van der Waals surface area contributed by atoms with E-state index in [1.807, 2.05) is 19.9 Å². The van der Waals surface area contributed by atoms with Crippen molar-refractivity contribution >= 4 is 18.5 Å². The van der Waals surface area contributed by atoms with Crippen LogP contribution in [0.15, 0.2) is 18.3 Å². The first-order chi connectivity index (χ1) is 6.45. The molecule has 0 unspecified atom stereocenters. The summed E-state index contributed by atoms with van der Waals surface area (Å²) in [6.45, 7) is 3.96. The van der Waals surface area contributed by atoms with Crippen molar-refractivity contribution in [2.75, 3.05) is 7.05 Å². The third-order valence-electron chi connectivity index (χ3n) is 1.93. The number of pyridine rings is 1. The molecule has 0 aliphatic rings. The number of thiol groups is 1. The Morgan fingerprint density at radius 3 is 2.50 bits per heavy atom. The zero-order valence-corrected chi connectivity index (χ0v) is 9.43. The van der Waals surface area contributed by atoms with Crippen LogP contribution in [0.2, 0.25) is 0 Å². The third-order valence-corrected chi connectivity index (χ3v) is 2.19. The van der Waals surface area contributed by atoms with Crippen LogP contribution in [0.3, 0.4) is 0 Å². The van der Waals surface area contributed by atoms with Crippen LogP contribution in [-0.2, 0) is 4.75 Å². The highest BCUT2D eigenvalue weighted by Gasteiger charge is 2.15. The van der Waals surface area contributed by atoms with E-state index < -0.39 is 0 Å². The van der Waals surface area contributed by atoms with Crippen LogP contribution in [-0.4, -0.2) is 17.9 Å². The Bertz CT molecular complexity index is 327. The second-order valence-corrected chi connectivity index (χ2v) is 4.69. The second kappa shape index (κ2) is 4.00. The molecule has 76 valence electrons. The van der Waals surface area contributed by atoms with Gasteiger partial charge in [-0.2, -0.15) is 12.6 Å². The number of hydrogen-bond acceptors (Lipinski definition) is 3. The maximum absolute atomic E-state index is 11.2. The summed E-state index contributed by atoms with van der Waals surface area (Å²) in [7, 11) is 1.58. The van der Waals surface area contributed by atoms with Crippen molar-refractivity contribution in [3.8, 4) is 0 Å². The molecule has 0 saturated carbocycles. The van der Waals surface area contributed by atoms with E-state index in [0.717, 1.165) is 5.56 Å². The maximum atomic E-state index is 11.2. The minimum absolute atomic E-state index is 0.173. The van der Waals surface area contributed by atoms with Crippen LogP contribution in [0.1, 0.15) is 29.9 Å². The van der Waals surface area contributed by atoms with Gasteiger partial charge in [0.25, 0.3) is 5.91 Å². The Morgan fingerprint density at radius 1 is 1.50 bits per heavy atom. The van der Waals surface area contributed by atoms with Crippen molar-refractivity contribution in [3.63, 3.8) is 0 Å². The highest BCUT2D eigenvalue weighted by Crippen LogP contribution is 2.25. The van der Waals surface area contributed by atoms with E-state index in [2.05, 4.69) is 22.9 Å². The van der Waals surface area contributed by atoms with Crippen LogP contribution in [0.25, 0.3) is 0 Å². The SMILES string of the molecule is CNC(=O)c1ccc(C(C)(C)S)cn1. The van der Waals surface area contributed by atoms with Gasteiger partial charge in [-0.05, 0) is 25.5 Å². The summed E-state index contributed by atoms with van der Waals surface area (Å²) < 4.78 is -0.228. The number of carbonyl (C=O) groups is 1. The summed E-state index contributed by atoms with van der Waals surface area (Å²) in [5, 5.41) is 2.52. The fourth-order valence-corrected chi connectivity index (χ4v) is 1.15. The van der Waals surface area contributed by atoms with Gasteiger partial charge in [0.2, 0.25) is 0 Å². The first kappa shape index (κ1) is 11.0. The van der Waals surface area contributed by atoms with Crippen molar-refractivity contribution in [2.45, 2.75) is 18.6 Å². The maximum Gasteiger partial charge on any atom is 0.269 e. The molecule has 0 atom stereocenters. The summed E-state index contributed by atoms with van der Waals surface area (Å²) in [5.74, 6) is -0.173. The van der Waals surface area contributed by atoms with Gasteiger partial charge < -0.3 is 5.32 Å². The molecule has 0 aliphatic heterocycles. The lowest BCUT2D eigenvalue weighted by molar-refractivity contribution is 0.0958. The van der Waals surface area contributed by atoms with Gasteiger partial charge >= 0.3 is 0 Å². The molecule has 14 heavy (non-hydrogen) atoms. The normalized spacial score (nSPS) is 11.1. The lowest BCUT2D eigenvalue weighted by atomic mass is 10.0. The summed E-state index contributed by atoms with van der Waals surface area (Å²) in [5.41, 5.74) is 1.42. The Hall–Kier alpha value is -1.03. The molecule has 0 fully saturated rings. The molecule has 0 saturated heterocycles. The van der Waals surface area contributed by atoms with Gasteiger partial charge in [-0.1, -0.05) is 6.07 Å². The summed E-state index contributed by atoms with van der Waals surface area (Å²) in [6, 6.07) is 3.57. The first-order valence-corrected chi connectivity index (χ1v) is 4.81. The zero-order valence-electron chi connectivity index (χ0n) is 8.53. The highest BCUT2D eigenvalue weighted by molar-refractivity contribution is 7.81. The van der Waals surface area contributed by atoms with Gasteiger partial charge in [0.15, 0.2) is 0 Å². The monoisotopic (exact) mass is 210 g/mol. The molecule has 4 heteroatoms. The van der Waals surface area contributed by atoms with Crippen LogP contribution >= 0.6 is 12.6 Å². The van der Waals surface area contributed by atoms with E-state index >= 15 is 0 Å². The van der Waals surface area contributed by atoms with Gasteiger partial charge in [0, 0.05) is 18.0 Å². The molecule has 0 spiro atoms. The van der Waals surface area contributed by atoms with Crippen molar-refractivity contribution in [3.05, 3.63) is 29.6 Å². The van der Waals surface area contributed by atoms with Crippen molar-refractivity contribution < 1.29 is 4.79 Å². The predicted octanol–water partition coefficient (Wildman–Crippen LogP) is 1.61. The zero-order chi connectivity index (χ0) is 10.8. The molecular weight excluding hydrogens is 196 g/mol. The predicted molar refractivity (Wildman–Crippen MR) is 59.6 cm³/mol. The summed E-state index contributed by atoms with van der Waals surface area (Å²) in [6.07, 6.45) is 1.68. The minimum atomic E-state index is -0.228. The molecule has 0 radical (unpaired) electrons. The number of amides is 1. The third kappa shape index (κ3) is 2.48. The Balaban J connectivity index is 2.95. The summed E-state index contributed by atoms with van der Waals surface area (Å²) in [4.78, 5) is 15.2. The molecule has 0 aliphatic carbocycles. The Labute approximate surface area is 89.3 Å². The molecule has 1 aromatic heterocycles. The molecule has 1 rings (SSSR count). The molecule has 1 aromatic rings. The minimum Gasteiger partial charge on any atom is -0.354 e. The van der Waals surface area contributed by atoms with Gasteiger partial charge in [0.1, 0.15) is 5.69 Å². The van der Waals surface area contributed by atoms with E-state index in [9.17, 15) is 4.79 Å². The molecule has 1 heterocycles. The van der Waals surface area contributed by atoms with Gasteiger partial charge in [0.05, 0.1) is 0 Å². The second-order valence-electron chi connectivity index (χ2n) is 3.57. The van der Waals surface area contributed by atoms with Gasteiger partial charge in [-0.3, -0.25) is 9.78 Å². The van der Waals surface area contributed by atoms with Gasteiger partial charge in [-0.15, -0.1) is 0 Å². The average molecular weight is 210 g/mol. The number of hydrogen-bond donors (Lipinski definition) is 2. The van der Waals surface area contributed by atoms with Crippen LogP contribution in [0, 0.1) is 0 Å². The standard InChI is InChI=1S/C10H14N2OS/c1-10(2,14)7-4-5-8(12-6-7)9(13)11-3/h4-6,14H,1-3H3,(H,11,13). The fourth-order valence-electron chi connectivity index (χ4n) is 1.02. The molecule has 0 bridgehead atoms. The number of nitrogens with zero attached hydrogens (tertiary/aromatic N) is 1. The number of nitrogens with one attached hydrogen (secondary N) is 1. The molecular formula is C10H14N2OS. The number of carbonyl (C=O) groups excluding carboxylic acids is 1. The molecule has 0 aromatic carbocycles. The molecule has 1 amide bonds. The summed E-state index contributed by atoms with van der Waals surface area (Å²) >= 11 is 4.41. The Kier molecular flexibility index (Phi) is 3.16. The van der Waals surface area contributed by atoms with E-state index in [1.54, 1.807) is 19.3 Å². The van der Waals surface area contributed by atoms with Crippen molar-refractivity contribution in [1.29, 1.82) is 0 Å². The smallest absolute Gasteiger partial charge is 0.269 e. The molecule has 3 nitrogen and oxygen atoms in total. The highest BCUT2D eigenvalue weighted by atomic mass is 32.1. The van der Waals surface area contributed by atoms with Gasteiger partial charge in [-0.25, -0.2) is 0 Å². The Morgan fingerprint density at radius 2 is 2.14 bits per heavy atom. The van der Waals surface area contributed by atoms with E-state index in [0.29, 0.717) is 5.69 Å². The number of aromatic nitrogens is 1. The van der Waals surface area contributed by atoms with Crippen molar-refractivity contribution in [1.82, 2.24) is 10.3 Å². The lowest BCUT2D eigenvalue weighted by Crippen LogP contribution is -2.19.